The van der Waals surface area contributed by atoms with Crippen molar-refractivity contribution in [1.29, 1.82) is 0 Å². The Bertz CT molecular complexity index is 581. The Kier molecular flexibility index (Phi) is 3.11. The maximum atomic E-state index is 13.2. The molecule has 3 nitrogen and oxygen atoms in total. The number of hydrogen-bond acceptors (Lipinski definition) is 2. The fourth-order valence-corrected chi connectivity index (χ4v) is 1.83. The van der Waals surface area contributed by atoms with Crippen LogP contribution >= 0.6 is 0 Å². The number of carbonyl (C=O) groups excluding carboxylic acids is 1. The second-order valence-electron chi connectivity index (χ2n) is 5.27. The predicted octanol–water partition coefficient (Wildman–Crippen LogP) is 3.19. The summed E-state index contributed by atoms with van der Waals surface area (Å²) in [5.74, 6) is -0.625. The van der Waals surface area contributed by atoms with Gasteiger partial charge in [-0.05, 0) is 44.5 Å². The summed E-state index contributed by atoms with van der Waals surface area (Å²) in [6, 6.07) is 4.46. The van der Waals surface area contributed by atoms with Crippen LogP contribution in [0.15, 0.2) is 24.4 Å². The molecule has 2 aromatic rings. The van der Waals surface area contributed by atoms with Gasteiger partial charge in [0, 0.05) is 17.1 Å². The minimum atomic E-state index is -0.506. The number of benzene rings is 1. The first-order valence-electron chi connectivity index (χ1n) is 5.82. The first kappa shape index (κ1) is 12.6. The lowest BCUT2D eigenvalue weighted by Gasteiger charge is -2.19. The van der Waals surface area contributed by atoms with Crippen molar-refractivity contribution in [3.05, 3.63) is 35.8 Å². The van der Waals surface area contributed by atoms with E-state index in [0.717, 1.165) is 16.5 Å². The van der Waals surface area contributed by atoms with Gasteiger partial charge in [-0.25, -0.2) is 4.39 Å². The normalized spacial score (nSPS) is 11.8. The lowest BCUT2D eigenvalue weighted by atomic mass is 10.1. The fraction of sp³-hybridized carbons (Fsp3) is 0.357. The SMILES string of the molecule is CC(C)(C)OC(=O)Cc1c[nH]c2ccc(F)cc12. The average Bonchev–Trinajstić information content (AvgIpc) is 2.58. The van der Waals surface area contributed by atoms with E-state index in [4.69, 9.17) is 4.74 Å². The lowest BCUT2D eigenvalue weighted by molar-refractivity contribution is -0.153. The topological polar surface area (TPSA) is 42.1 Å². The van der Waals surface area contributed by atoms with Crippen molar-refractivity contribution in [3.63, 3.8) is 0 Å². The molecule has 0 radical (unpaired) electrons. The smallest absolute Gasteiger partial charge is 0.310 e. The van der Waals surface area contributed by atoms with Crippen LogP contribution in [0.5, 0.6) is 0 Å². The number of aromatic nitrogens is 1. The van der Waals surface area contributed by atoms with Gasteiger partial charge in [0.25, 0.3) is 0 Å². The zero-order valence-electron chi connectivity index (χ0n) is 10.7. The van der Waals surface area contributed by atoms with E-state index in [-0.39, 0.29) is 18.2 Å². The quantitative estimate of drug-likeness (QED) is 0.830. The highest BCUT2D eigenvalue weighted by atomic mass is 19.1. The molecule has 2 rings (SSSR count). The van der Waals surface area contributed by atoms with Crippen molar-refractivity contribution in [3.8, 4) is 0 Å². The Morgan fingerprint density at radius 3 is 2.78 bits per heavy atom. The molecule has 1 heterocycles. The summed E-state index contributed by atoms with van der Waals surface area (Å²) < 4.78 is 18.4. The van der Waals surface area contributed by atoms with Crippen molar-refractivity contribution in [1.82, 2.24) is 4.98 Å². The van der Waals surface area contributed by atoms with Crippen LogP contribution in [0.3, 0.4) is 0 Å². The molecule has 0 atom stereocenters. The van der Waals surface area contributed by atoms with E-state index in [0.29, 0.717) is 0 Å². The number of ether oxygens (including phenoxy) is 1. The van der Waals surface area contributed by atoms with E-state index in [1.54, 1.807) is 12.3 Å². The summed E-state index contributed by atoms with van der Waals surface area (Å²) >= 11 is 0. The van der Waals surface area contributed by atoms with Crippen molar-refractivity contribution in [2.24, 2.45) is 0 Å². The standard InChI is InChI=1S/C14H16FNO2/c1-14(2,3)18-13(17)6-9-8-16-12-5-4-10(15)7-11(9)12/h4-5,7-8,16H,6H2,1-3H3. The molecule has 0 saturated carbocycles. The minimum absolute atomic E-state index is 0.140. The number of carbonyl (C=O) groups is 1. The Morgan fingerprint density at radius 2 is 2.11 bits per heavy atom. The van der Waals surface area contributed by atoms with Crippen LogP contribution in [-0.4, -0.2) is 16.6 Å². The molecule has 0 saturated heterocycles. The third-order valence-corrected chi connectivity index (χ3v) is 2.48. The van der Waals surface area contributed by atoms with Gasteiger partial charge >= 0.3 is 5.97 Å². The molecule has 96 valence electrons. The molecule has 18 heavy (non-hydrogen) atoms. The molecule has 0 fully saturated rings. The fourth-order valence-electron chi connectivity index (χ4n) is 1.83. The lowest BCUT2D eigenvalue weighted by Crippen LogP contribution is -2.24. The molecule has 0 aliphatic rings. The molecule has 0 aliphatic heterocycles. The van der Waals surface area contributed by atoms with E-state index in [1.807, 2.05) is 20.8 Å². The highest BCUT2D eigenvalue weighted by molar-refractivity contribution is 5.87. The molecule has 0 spiro atoms. The van der Waals surface area contributed by atoms with Crippen molar-refractivity contribution in [2.75, 3.05) is 0 Å². The maximum Gasteiger partial charge on any atom is 0.310 e. The van der Waals surface area contributed by atoms with E-state index in [9.17, 15) is 9.18 Å². The summed E-state index contributed by atoms with van der Waals surface area (Å²) in [7, 11) is 0. The predicted molar refractivity (Wildman–Crippen MR) is 67.8 cm³/mol. The van der Waals surface area contributed by atoms with Gasteiger partial charge in [0.05, 0.1) is 6.42 Å². The third kappa shape index (κ3) is 2.88. The Morgan fingerprint density at radius 1 is 1.39 bits per heavy atom. The number of H-pyrrole nitrogens is 1. The molecular weight excluding hydrogens is 233 g/mol. The number of esters is 1. The molecule has 1 N–H and O–H groups in total. The summed E-state index contributed by atoms with van der Waals surface area (Å²) in [5.41, 5.74) is 1.06. The largest absolute Gasteiger partial charge is 0.460 e. The van der Waals surface area contributed by atoms with Crippen molar-refractivity contribution >= 4 is 16.9 Å². The molecule has 4 heteroatoms. The Hall–Kier alpha value is -1.84. The second kappa shape index (κ2) is 4.44. The highest BCUT2D eigenvalue weighted by Crippen LogP contribution is 2.20. The van der Waals surface area contributed by atoms with Crippen LogP contribution in [0.4, 0.5) is 4.39 Å². The molecule has 1 aromatic heterocycles. The summed E-state index contributed by atoms with van der Waals surface area (Å²) in [5, 5.41) is 0.723. The molecular formula is C14H16FNO2. The maximum absolute atomic E-state index is 13.2. The van der Waals surface area contributed by atoms with Gasteiger partial charge in [-0.1, -0.05) is 0 Å². The van der Waals surface area contributed by atoms with Gasteiger partial charge in [-0.2, -0.15) is 0 Å². The van der Waals surface area contributed by atoms with Crippen LogP contribution in [-0.2, 0) is 16.0 Å². The number of aromatic amines is 1. The minimum Gasteiger partial charge on any atom is -0.460 e. The first-order chi connectivity index (χ1) is 8.35. The number of rotatable bonds is 2. The zero-order valence-corrected chi connectivity index (χ0v) is 10.7. The van der Waals surface area contributed by atoms with Crippen LogP contribution in [0, 0.1) is 5.82 Å². The number of fused-ring (bicyclic) bond motifs is 1. The first-order valence-corrected chi connectivity index (χ1v) is 5.82. The van der Waals surface area contributed by atoms with Crippen LogP contribution in [0.2, 0.25) is 0 Å². The van der Waals surface area contributed by atoms with E-state index in [1.165, 1.54) is 12.1 Å². The Balaban J connectivity index is 2.22. The molecule has 1 aromatic carbocycles. The number of nitrogens with one attached hydrogen (secondary N) is 1. The second-order valence-corrected chi connectivity index (χ2v) is 5.27. The Labute approximate surface area is 105 Å². The van der Waals surface area contributed by atoms with Gasteiger partial charge in [-0.15, -0.1) is 0 Å². The van der Waals surface area contributed by atoms with E-state index in [2.05, 4.69) is 4.98 Å². The van der Waals surface area contributed by atoms with Crippen molar-refractivity contribution in [2.45, 2.75) is 32.8 Å². The van der Waals surface area contributed by atoms with Gasteiger partial charge in [0.15, 0.2) is 0 Å². The highest BCUT2D eigenvalue weighted by Gasteiger charge is 2.17. The molecule has 0 unspecified atom stereocenters. The van der Waals surface area contributed by atoms with Gasteiger partial charge < -0.3 is 9.72 Å². The molecule has 0 aliphatic carbocycles. The molecule has 0 amide bonds. The van der Waals surface area contributed by atoms with Gasteiger partial charge in [0.2, 0.25) is 0 Å². The van der Waals surface area contributed by atoms with Crippen molar-refractivity contribution < 1.29 is 13.9 Å². The average molecular weight is 249 g/mol. The van der Waals surface area contributed by atoms with Crippen LogP contribution in [0.25, 0.3) is 10.9 Å². The van der Waals surface area contributed by atoms with E-state index < -0.39 is 5.60 Å². The third-order valence-electron chi connectivity index (χ3n) is 2.48. The van der Waals surface area contributed by atoms with Gasteiger partial charge in [-0.3, -0.25) is 4.79 Å². The van der Waals surface area contributed by atoms with E-state index >= 15 is 0 Å². The summed E-state index contributed by atoms with van der Waals surface area (Å²) in [6.45, 7) is 5.46. The number of halogens is 1. The van der Waals surface area contributed by atoms with Gasteiger partial charge in [0.1, 0.15) is 11.4 Å². The zero-order chi connectivity index (χ0) is 13.3. The number of hydrogen-bond donors (Lipinski definition) is 1. The summed E-state index contributed by atoms with van der Waals surface area (Å²) in [6.07, 6.45) is 1.86. The van der Waals surface area contributed by atoms with Crippen LogP contribution in [0.1, 0.15) is 26.3 Å². The van der Waals surface area contributed by atoms with Crippen LogP contribution < -0.4 is 0 Å². The monoisotopic (exact) mass is 249 g/mol. The molecule has 0 bridgehead atoms. The summed E-state index contributed by atoms with van der Waals surface area (Å²) in [4.78, 5) is 14.7.